The van der Waals surface area contributed by atoms with Crippen molar-refractivity contribution in [1.82, 2.24) is 0 Å². The second-order valence-electron chi connectivity index (χ2n) is 1.13. The summed E-state index contributed by atoms with van der Waals surface area (Å²) in [6, 6.07) is 0. The molecule has 0 heterocycles. The Labute approximate surface area is 138 Å². The molecule has 0 aromatic rings. The molecule has 0 aromatic carbocycles. The third-order valence-electron chi connectivity index (χ3n) is 0. The fourth-order valence-corrected chi connectivity index (χ4v) is 0. The molecule has 1 radical (unpaired) electrons. The van der Waals surface area contributed by atoms with Crippen LogP contribution in [0.25, 0.3) is 0 Å². The Morgan fingerprint density at radius 3 is 0.353 bits per heavy atom. The maximum Gasteiger partial charge on any atom is 3.00 e. The first-order valence-electron chi connectivity index (χ1n) is 1.85. The molecule has 0 amide bonds. The third kappa shape index (κ3) is 1290. The molecular weight excluding hydrogens is 487 g/mol. The van der Waals surface area contributed by atoms with Crippen molar-refractivity contribution in [3.05, 3.63) is 0 Å². The van der Waals surface area contributed by atoms with Crippen LogP contribution in [0, 0.1) is 77.7 Å². The average molecular weight is 489 g/mol. The van der Waals surface area contributed by atoms with Crippen LogP contribution in [0.3, 0.4) is 0 Å². The van der Waals surface area contributed by atoms with Crippen molar-refractivity contribution in [2.75, 3.05) is 0 Å². The fourth-order valence-electron chi connectivity index (χ4n) is 0. The molecule has 0 bridgehead atoms. The molecule has 0 saturated heterocycles. The summed E-state index contributed by atoms with van der Waals surface area (Å²) in [6.07, 6.45) is 0. The summed E-state index contributed by atoms with van der Waals surface area (Å²) < 4.78 is 102. The van der Waals surface area contributed by atoms with Gasteiger partial charge in [-0.15, -0.1) is 30.7 Å². The van der Waals surface area contributed by atoms with Crippen molar-refractivity contribution in [3.8, 4) is 0 Å². The van der Waals surface area contributed by atoms with Crippen LogP contribution >= 0.6 is 0 Å². The molecule has 2 N–H and O–H groups in total. The Morgan fingerprint density at radius 2 is 0.353 bits per heavy atom. The Balaban J connectivity index is -0.0000000400. The van der Waals surface area contributed by atoms with Gasteiger partial charge in [0.05, 0.1) is 0 Å². The van der Waals surface area contributed by atoms with Gasteiger partial charge in [0, 0.05) is 0 Å². The smallest absolute Gasteiger partial charge is 0.412 e. The fraction of sp³-hybridized carbons (Fsp3) is 0. The molecule has 0 rings (SSSR count). The van der Waals surface area contributed by atoms with Crippen LogP contribution in [0.15, 0.2) is 0 Å². The maximum atomic E-state index is 8.49. The normalized spacial score (nSPS) is 10.6. The zero-order chi connectivity index (χ0) is 13.5. The van der Waals surface area contributed by atoms with Crippen molar-refractivity contribution in [2.24, 2.45) is 0 Å². The van der Waals surface area contributed by atoms with Gasteiger partial charge >= 0.3 is 46.9 Å². The van der Waals surface area contributed by atoms with E-state index >= 15 is 0 Å². The average Bonchev–Trinajstić information content (AvgIpc) is 1.41. The first-order chi connectivity index (χ1) is 6.00. The van der Waals surface area contributed by atoms with Gasteiger partial charge in [-0.2, -0.15) is 0 Å². The van der Waals surface area contributed by atoms with Gasteiger partial charge < -0.3 is 5.48 Å². The van der Waals surface area contributed by atoms with Crippen molar-refractivity contribution < 1.29 is 139 Å². The standard InChI is InChI=1S/3ClHO4.H2O.Yb/c3*2-1(3,4)5;;/h3*(H,2,3,4,5);1H2;/q;;;;+3/p-3. The van der Waals surface area contributed by atoms with Gasteiger partial charge in [-0.05, 0) is 0 Å². The molecule has 0 aliphatic heterocycles. The number of hydrogen-bond acceptors (Lipinski definition) is 12. The molecule has 13 nitrogen and oxygen atoms in total. The second-order valence-corrected chi connectivity index (χ2v) is 3.40. The summed E-state index contributed by atoms with van der Waals surface area (Å²) >= 11 is 0. The summed E-state index contributed by atoms with van der Waals surface area (Å²) in [5.41, 5.74) is 0. The third-order valence-corrected chi connectivity index (χ3v) is 0. The van der Waals surface area contributed by atoms with E-state index in [-0.39, 0.29) is 52.4 Å². The van der Waals surface area contributed by atoms with Crippen LogP contribution in [-0.2, 0) is 0 Å². The minimum Gasteiger partial charge on any atom is -0.412 e. The van der Waals surface area contributed by atoms with E-state index in [1.165, 1.54) is 0 Å². The van der Waals surface area contributed by atoms with Crippen molar-refractivity contribution in [1.29, 1.82) is 0 Å². The van der Waals surface area contributed by atoms with Crippen molar-refractivity contribution in [3.63, 3.8) is 0 Å². The Hall–Kier alpha value is 1.87. The van der Waals surface area contributed by atoms with Gasteiger partial charge in [-0.3, -0.25) is 0 Å². The van der Waals surface area contributed by atoms with Crippen molar-refractivity contribution in [2.45, 2.75) is 0 Å². The summed E-state index contributed by atoms with van der Waals surface area (Å²) in [4.78, 5) is 0. The minimum atomic E-state index is -4.94. The summed E-state index contributed by atoms with van der Waals surface area (Å²) in [7, 11) is -14.8. The van der Waals surface area contributed by atoms with E-state index in [1.807, 2.05) is 0 Å². The van der Waals surface area contributed by atoms with Gasteiger partial charge in [-0.1, -0.05) is 0 Å². The molecule has 0 saturated carbocycles. The Bertz CT molecular complexity index is 91.7. The minimum absolute atomic E-state index is 0. The van der Waals surface area contributed by atoms with Gasteiger partial charge in [0.15, 0.2) is 0 Å². The SMILES string of the molecule is O.[O-][Cl+3]([O-])([O-])[O-].[O-][Cl+3]([O-])([O-])[O-].[O-][Cl+3]([O-])([O-])[O-].[Yb+3]. The first kappa shape index (κ1) is 31.3. The van der Waals surface area contributed by atoms with Gasteiger partial charge in [0.1, 0.15) is 0 Å². The van der Waals surface area contributed by atoms with Crippen LogP contribution < -0.4 is 55.9 Å². The molecule has 0 unspecified atom stereocenters. The maximum absolute atomic E-state index is 8.49. The van der Waals surface area contributed by atoms with Crippen molar-refractivity contribution >= 4 is 0 Å². The van der Waals surface area contributed by atoms with Crippen LogP contribution in [0.4, 0.5) is 0 Å². The Morgan fingerprint density at radius 1 is 0.353 bits per heavy atom. The summed E-state index contributed by atoms with van der Waals surface area (Å²) in [5, 5.41) is 0. The van der Waals surface area contributed by atoms with E-state index in [9.17, 15) is 0 Å². The number of rotatable bonds is 0. The molecule has 17 heavy (non-hydrogen) atoms. The predicted molar refractivity (Wildman–Crippen MR) is 3.61 cm³/mol. The quantitative estimate of drug-likeness (QED) is 0.306. The molecule has 0 aliphatic carbocycles. The molecule has 0 spiro atoms. The van der Waals surface area contributed by atoms with E-state index in [4.69, 9.17) is 55.9 Å². The topological polar surface area (TPSA) is 308 Å². The monoisotopic (exact) mass is 489 g/mol. The Kier molecular flexibility index (Phi) is 23.7. The zero-order valence-corrected chi connectivity index (χ0v) is 10.8. The number of halogens is 3. The van der Waals surface area contributed by atoms with Crippen LogP contribution in [0.2, 0.25) is 0 Å². The summed E-state index contributed by atoms with van der Waals surface area (Å²) in [6.45, 7) is 0. The molecule has 0 fully saturated rings. The van der Waals surface area contributed by atoms with Crippen LogP contribution in [-0.4, -0.2) is 5.48 Å². The molecule has 115 valence electrons. The van der Waals surface area contributed by atoms with E-state index in [1.54, 1.807) is 0 Å². The molecular formula is H2Cl3O13Yb. The van der Waals surface area contributed by atoms with E-state index in [0.29, 0.717) is 0 Å². The molecule has 0 atom stereocenters. The first-order valence-corrected chi connectivity index (χ1v) is 5.55. The van der Waals surface area contributed by atoms with Gasteiger partial charge in [0.25, 0.3) is 0 Å². The second kappa shape index (κ2) is 12.9. The molecule has 0 aliphatic rings. The van der Waals surface area contributed by atoms with Crippen LogP contribution in [0.5, 0.6) is 0 Å². The van der Waals surface area contributed by atoms with Gasteiger partial charge in [0.2, 0.25) is 0 Å². The largest absolute Gasteiger partial charge is 3.00 e. The van der Waals surface area contributed by atoms with Gasteiger partial charge in [-0.25, -0.2) is 55.9 Å². The predicted octanol–water partition coefficient (Wildman–Crippen LogP) is -15.1. The zero-order valence-electron chi connectivity index (χ0n) is 6.80. The van der Waals surface area contributed by atoms with E-state index < -0.39 is 30.7 Å². The van der Waals surface area contributed by atoms with Crippen LogP contribution in [0.1, 0.15) is 0 Å². The summed E-state index contributed by atoms with van der Waals surface area (Å²) in [5.74, 6) is 0. The molecule has 17 heteroatoms. The number of hydrogen-bond donors (Lipinski definition) is 0. The molecule has 0 aromatic heterocycles. The van der Waals surface area contributed by atoms with E-state index in [2.05, 4.69) is 0 Å². The van der Waals surface area contributed by atoms with E-state index in [0.717, 1.165) is 0 Å².